The molecule has 9 heteroatoms. The average molecular weight is 431 g/mol. The van der Waals surface area contributed by atoms with E-state index < -0.39 is 10.2 Å². The van der Waals surface area contributed by atoms with Crippen LogP contribution in [0.5, 0.6) is 0 Å². The van der Waals surface area contributed by atoms with Crippen LogP contribution in [0.4, 0.5) is 5.82 Å². The molecule has 0 amide bonds. The van der Waals surface area contributed by atoms with Gasteiger partial charge >= 0.3 is 0 Å². The zero-order valence-electron chi connectivity index (χ0n) is 18.0. The summed E-state index contributed by atoms with van der Waals surface area (Å²) >= 11 is 0. The third-order valence-electron chi connectivity index (χ3n) is 5.98. The first kappa shape index (κ1) is 21.1. The second kappa shape index (κ2) is 8.56. The van der Waals surface area contributed by atoms with Gasteiger partial charge in [-0.15, -0.1) is 0 Å². The summed E-state index contributed by atoms with van der Waals surface area (Å²) in [5.74, 6) is 1.76. The molecule has 0 bridgehead atoms. The van der Waals surface area contributed by atoms with Crippen LogP contribution in [0.15, 0.2) is 24.4 Å². The lowest BCUT2D eigenvalue weighted by Crippen LogP contribution is -2.45. The molecule has 2 aliphatic rings. The number of aromatic nitrogens is 3. The molecule has 1 atom stereocenters. The largest absolute Gasteiger partial charge is 0.350 e. The van der Waals surface area contributed by atoms with Gasteiger partial charge in [-0.3, -0.25) is 4.98 Å². The topological polar surface area (TPSA) is 82.5 Å². The molecule has 1 fully saturated rings. The lowest BCUT2D eigenvalue weighted by molar-refractivity contribution is 0.293. The second-order valence-electron chi connectivity index (χ2n) is 8.30. The summed E-state index contributed by atoms with van der Waals surface area (Å²) in [5.41, 5.74) is 3.23. The Morgan fingerprint density at radius 1 is 1.17 bits per heavy atom. The Kier molecular flexibility index (Phi) is 6.04. The van der Waals surface area contributed by atoms with Crippen molar-refractivity contribution < 1.29 is 8.42 Å². The van der Waals surface area contributed by atoms with Crippen molar-refractivity contribution in [1.29, 1.82) is 0 Å². The number of nitrogens with zero attached hydrogens (tertiary/aromatic N) is 6. The molecule has 2 aromatic heterocycles. The molecule has 2 aliphatic heterocycles. The van der Waals surface area contributed by atoms with E-state index in [0.717, 1.165) is 61.8 Å². The molecule has 1 saturated heterocycles. The van der Waals surface area contributed by atoms with Crippen LogP contribution in [0.3, 0.4) is 0 Å². The van der Waals surface area contributed by atoms with Gasteiger partial charge in [-0.2, -0.15) is 17.0 Å². The molecule has 4 rings (SSSR count). The zero-order valence-corrected chi connectivity index (χ0v) is 18.8. The number of hydrogen-bond acceptors (Lipinski definition) is 6. The quantitative estimate of drug-likeness (QED) is 0.723. The Labute approximate surface area is 179 Å². The maximum absolute atomic E-state index is 12.6. The fourth-order valence-corrected chi connectivity index (χ4v) is 5.52. The van der Waals surface area contributed by atoms with E-state index in [2.05, 4.69) is 9.88 Å². The number of anilines is 1. The standard InChI is InChI=1S/C21H30N6O2S/c1-16-19-10-7-12-26(15-18-9-4-5-11-22-18)21(19)24-20(23-16)17-8-6-13-27(14-17)30(28,29)25(2)3/h4-5,9,11,17H,6-8,10,12-15H2,1-3H3/t17-/m0/s1. The number of hydrogen-bond donors (Lipinski definition) is 0. The van der Waals surface area contributed by atoms with Crippen LogP contribution in [0.2, 0.25) is 0 Å². The van der Waals surface area contributed by atoms with Gasteiger partial charge in [0.15, 0.2) is 0 Å². The number of aryl methyl sites for hydroxylation is 1. The van der Waals surface area contributed by atoms with Crippen LogP contribution >= 0.6 is 0 Å². The lowest BCUT2D eigenvalue weighted by atomic mass is 9.97. The molecular weight excluding hydrogens is 400 g/mol. The summed E-state index contributed by atoms with van der Waals surface area (Å²) in [4.78, 5) is 16.6. The Bertz CT molecular complexity index is 996. The van der Waals surface area contributed by atoms with Crippen molar-refractivity contribution in [3.05, 3.63) is 47.2 Å². The highest BCUT2D eigenvalue weighted by molar-refractivity contribution is 7.86. The molecule has 0 unspecified atom stereocenters. The number of piperidine rings is 1. The van der Waals surface area contributed by atoms with E-state index in [1.165, 1.54) is 9.87 Å². The highest BCUT2D eigenvalue weighted by Crippen LogP contribution is 2.33. The van der Waals surface area contributed by atoms with Crippen molar-refractivity contribution in [3.8, 4) is 0 Å². The predicted octanol–water partition coefficient (Wildman–Crippen LogP) is 2.12. The Morgan fingerprint density at radius 3 is 2.73 bits per heavy atom. The van der Waals surface area contributed by atoms with E-state index in [1.54, 1.807) is 18.4 Å². The first-order valence-corrected chi connectivity index (χ1v) is 12.0. The molecule has 0 radical (unpaired) electrons. The Hall–Kier alpha value is -2.10. The number of rotatable bonds is 5. The van der Waals surface area contributed by atoms with E-state index in [-0.39, 0.29) is 5.92 Å². The van der Waals surface area contributed by atoms with E-state index in [1.807, 2.05) is 31.3 Å². The molecule has 8 nitrogen and oxygen atoms in total. The minimum Gasteiger partial charge on any atom is -0.350 e. The molecule has 2 aromatic rings. The monoisotopic (exact) mass is 430 g/mol. The van der Waals surface area contributed by atoms with Gasteiger partial charge in [-0.05, 0) is 44.7 Å². The zero-order chi connectivity index (χ0) is 21.3. The van der Waals surface area contributed by atoms with Crippen molar-refractivity contribution in [3.63, 3.8) is 0 Å². The van der Waals surface area contributed by atoms with Crippen LogP contribution in [0.25, 0.3) is 0 Å². The Morgan fingerprint density at radius 2 is 2.00 bits per heavy atom. The van der Waals surface area contributed by atoms with Crippen molar-refractivity contribution in [2.75, 3.05) is 38.6 Å². The van der Waals surface area contributed by atoms with Crippen molar-refractivity contribution in [2.24, 2.45) is 0 Å². The van der Waals surface area contributed by atoms with Gasteiger partial charge in [0.05, 0.1) is 12.2 Å². The van der Waals surface area contributed by atoms with Crippen molar-refractivity contribution in [1.82, 2.24) is 23.6 Å². The van der Waals surface area contributed by atoms with Gasteiger partial charge in [0.2, 0.25) is 0 Å². The third-order valence-corrected chi connectivity index (χ3v) is 7.89. The summed E-state index contributed by atoms with van der Waals surface area (Å²) in [7, 11) is -0.273. The molecule has 0 N–H and O–H groups in total. The SMILES string of the molecule is Cc1nc([C@H]2CCCN(S(=O)(=O)N(C)C)C2)nc2c1CCCN2Cc1ccccn1. The minimum absolute atomic E-state index is 0.0103. The van der Waals surface area contributed by atoms with Gasteiger partial charge in [-0.1, -0.05) is 6.07 Å². The van der Waals surface area contributed by atoms with Gasteiger partial charge in [0, 0.05) is 57.1 Å². The number of fused-ring (bicyclic) bond motifs is 1. The van der Waals surface area contributed by atoms with Crippen molar-refractivity contribution in [2.45, 2.75) is 45.1 Å². The normalized spacial score (nSPS) is 20.4. The minimum atomic E-state index is -3.43. The maximum atomic E-state index is 12.6. The molecule has 4 heterocycles. The Balaban J connectivity index is 1.62. The highest BCUT2D eigenvalue weighted by atomic mass is 32.2. The van der Waals surface area contributed by atoms with Gasteiger partial charge in [-0.25, -0.2) is 9.97 Å². The molecule has 30 heavy (non-hydrogen) atoms. The van der Waals surface area contributed by atoms with Crippen LogP contribution in [0, 0.1) is 6.92 Å². The van der Waals surface area contributed by atoms with Gasteiger partial charge < -0.3 is 4.90 Å². The number of pyridine rings is 1. The lowest BCUT2D eigenvalue weighted by Gasteiger charge is -2.34. The molecule has 0 spiro atoms. The van der Waals surface area contributed by atoms with E-state index in [0.29, 0.717) is 13.1 Å². The van der Waals surface area contributed by atoms with Crippen LogP contribution < -0.4 is 4.90 Å². The van der Waals surface area contributed by atoms with Gasteiger partial charge in [0.25, 0.3) is 10.2 Å². The fourth-order valence-electron chi connectivity index (χ4n) is 4.33. The van der Waals surface area contributed by atoms with E-state index >= 15 is 0 Å². The third kappa shape index (κ3) is 4.19. The molecule has 162 valence electrons. The smallest absolute Gasteiger partial charge is 0.281 e. The molecule has 0 saturated carbocycles. The van der Waals surface area contributed by atoms with Crippen LogP contribution in [0.1, 0.15) is 48.0 Å². The summed E-state index contributed by atoms with van der Waals surface area (Å²) < 4.78 is 28.1. The van der Waals surface area contributed by atoms with Crippen LogP contribution in [-0.2, 0) is 23.2 Å². The highest BCUT2D eigenvalue weighted by Gasteiger charge is 2.33. The average Bonchev–Trinajstić information content (AvgIpc) is 2.75. The van der Waals surface area contributed by atoms with Gasteiger partial charge in [0.1, 0.15) is 11.6 Å². The van der Waals surface area contributed by atoms with E-state index in [4.69, 9.17) is 9.97 Å². The summed E-state index contributed by atoms with van der Waals surface area (Å²) in [6.45, 7) is 4.68. The first-order chi connectivity index (χ1) is 14.4. The summed E-state index contributed by atoms with van der Waals surface area (Å²) in [5, 5.41) is 0. The summed E-state index contributed by atoms with van der Waals surface area (Å²) in [6.07, 6.45) is 5.58. The molecule has 0 aromatic carbocycles. The maximum Gasteiger partial charge on any atom is 0.281 e. The predicted molar refractivity (Wildman–Crippen MR) is 117 cm³/mol. The second-order valence-corrected chi connectivity index (χ2v) is 10.4. The van der Waals surface area contributed by atoms with Crippen LogP contribution in [-0.4, -0.2) is 65.7 Å². The molecule has 0 aliphatic carbocycles. The fraction of sp³-hybridized carbons (Fsp3) is 0.571. The van der Waals surface area contributed by atoms with Crippen molar-refractivity contribution >= 4 is 16.0 Å². The summed E-state index contributed by atoms with van der Waals surface area (Å²) in [6, 6.07) is 5.97. The molecular formula is C21H30N6O2S. The first-order valence-electron chi connectivity index (χ1n) is 10.6. The van der Waals surface area contributed by atoms with E-state index in [9.17, 15) is 8.42 Å².